The van der Waals surface area contributed by atoms with Gasteiger partial charge in [-0.1, -0.05) is 0 Å². The van der Waals surface area contributed by atoms with Crippen molar-refractivity contribution in [1.82, 2.24) is 15.8 Å². The van der Waals surface area contributed by atoms with Crippen molar-refractivity contribution >= 4 is 6.03 Å². The monoisotopic (exact) mass is 141 g/mol. The average molecular weight is 141 g/mol. The van der Waals surface area contributed by atoms with Crippen LogP contribution in [-0.2, 0) is 0 Å². The third-order valence-corrected chi connectivity index (χ3v) is 2.17. The minimum atomic E-state index is 0.0359. The number of nitrogens with zero attached hydrogens (tertiary/aromatic N) is 1. The molecule has 10 heavy (non-hydrogen) atoms. The van der Waals surface area contributed by atoms with Crippen LogP contribution in [0.25, 0.3) is 0 Å². The van der Waals surface area contributed by atoms with Crippen LogP contribution in [0.5, 0.6) is 0 Å². The molecular formula is C6H11N3O. The van der Waals surface area contributed by atoms with Gasteiger partial charge in [0, 0.05) is 19.1 Å². The Morgan fingerprint density at radius 2 is 2.50 bits per heavy atom. The summed E-state index contributed by atoms with van der Waals surface area (Å²) in [6.45, 7) is 1.82. The first-order valence-corrected chi connectivity index (χ1v) is 3.67. The molecule has 4 heteroatoms. The second-order valence-electron chi connectivity index (χ2n) is 2.80. The van der Waals surface area contributed by atoms with Gasteiger partial charge in [0.1, 0.15) is 0 Å². The van der Waals surface area contributed by atoms with Gasteiger partial charge in [0.05, 0.1) is 0 Å². The van der Waals surface area contributed by atoms with E-state index in [1.165, 1.54) is 0 Å². The second kappa shape index (κ2) is 2.12. The van der Waals surface area contributed by atoms with Gasteiger partial charge in [0.15, 0.2) is 0 Å². The van der Waals surface area contributed by atoms with Gasteiger partial charge in [-0.2, -0.15) is 0 Å². The average Bonchev–Trinajstić information content (AvgIpc) is 2.36. The van der Waals surface area contributed by atoms with Crippen molar-refractivity contribution in [2.75, 3.05) is 13.1 Å². The van der Waals surface area contributed by atoms with Crippen LogP contribution >= 0.6 is 0 Å². The smallest absolute Gasteiger partial charge is 0.319 e. The van der Waals surface area contributed by atoms with Crippen LogP contribution in [0.4, 0.5) is 4.79 Å². The number of fused-ring (bicyclic) bond motifs is 1. The number of hydrogen-bond donors (Lipinski definition) is 2. The number of hydrazine groups is 1. The van der Waals surface area contributed by atoms with Gasteiger partial charge in [-0.15, -0.1) is 0 Å². The standard InChI is InChI=1S/C6H11N3O/c10-6-8-7-4-5-2-1-3-9(5)6/h5,7H,1-4H2,(H,8,10). The Labute approximate surface area is 59.5 Å². The Balaban J connectivity index is 2.10. The molecule has 0 spiro atoms. The molecule has 4 nitrogen and oxygen atoms in total. The molecule has 2 fully saturated rings. The zero-order chi connectivity index (χ0) is 6.97. The van der Waals surface area contributed by atoms with Crippen LogP contribution in [0.2, 0.25) is 0 Å². The van der Waals surface area contributed by atoms with E-state index in [-0.39, 0.29) is 6.03 Å². The lowest BCUT2D eigenvalue weighted by atomic mass is 10.2. The molecule has 2 aliphatic heterocycles. The maximum Gasteiger partial charge on any atom is 0.332 e. The molecule has 1 atom stereocenters. The number of rotatable bonds is 0. The van der Waals surface area contributed by atoms with Gasteiger partial charge < -0.3 is 4.90 Å². The fraction of sp³-hybridized carbons (Fsp3) is 0.833. The Bertz CT molecular complexity index is 159. The third-order valence-electron chi connectivity index (χ3n) is 2.17. The summed E-state index contributed by atoms with van der Waals surface area (Å²) in [6.07, 6.45) is 2.31. The van der Waals surface area contributed by atoms with Gasteiger partial charge in [-0.05, 0) is 12.8 Å². The number of hydrogen-bond acceptors (Lipinski definition) is 2. The molecule has 2 aliphatic rings. The topological polar surface area (TPSA) is 44.4 Å². The fourth-order valence-corrected chi connectivity index (χ4v) is 1.63. The maximum atomic E-state index is 11.0. The number of carbonyl (C=O) groups excluding carboxylic acids is 1. The van der Waals surface area contributed by atoms with Crippen LogP contribution in [0.15, 0.2) is 0 Å². The minimum Gasteiger partial charge on any atom is -0.319 e. The van der Waals surface area contributed by atoms with Crippen molar-refractivity contribution in [2.45, 2.75) is 18.9 Å². The largest absolute Gasteiger partial charge is 0.332 e. The molecule has 0 aromatic carbocycles. The van der Waals surface area contributed by atoms with E-state index in [1.54, 1.807) is 0 Å². The first kappa shape index (κ1) is 5.97. The Morgan fingerprint density at radius 3 is 3.30 bits per heavy atom. The summed E-state index contributed by atoms with van der Waals surface area (Å²) >= 11 is 0. The molecule has 0 bridgehead atoms. The predicted molar refractivity (Wildman–Crippen MR) is 36.3 cm³/mol. The zero-order valence-electron chi connectivity index (χ0n) is 5.76. The number of urea groups is 1. The molecule has 2 saturated heterocycles. The second-order valence-corrected chi connectivity index (χ2v) is 2.80. The number of amides is 2. The van der Waals surface area contributed by atoms with E-state index in [4.69, 9.17) is 0 Å². The van der Waals surface area contributed by atoms with Crippen LogP contribution in [0.3, 0.4) is 0 Å². The lowest BCUT2D eigenvalue weighted by molar-refractivity contribution is 0.168. The number of nitrogens with one attached hydrogen (secondary N) is 2. The highest BCUT2D eigenvalue weighted by atomic mass is 16.2. The molecule has 2 amide bonds. The van der Waals surface area contributed by atoms with Crippen molar-refractivity contribution < 1.29 is 4.79 Å². The Kier molecular flexibility index (Phi) is 1.27. The molecule has 2 N–H and O–H groups in total. The fourth-order valence-electron chi connectivity index (χ4n) is 1.63. The molecular weight excluding hydrogens is 130 g/mol. The third kappa shape index (κ3) is 0.759. The zero-order valence-corrected chi connectivity index (χ0v) is 5.76. The first-order valence-electron chi connectivity index (χ1n) is 3.67. The van der Waals surface area contributed by atoms with Crippen LogP contribution in [-0.4, -0.2) is 30.1 Å². The van der Waals surface area contributed by atoms with Crippen LogP contribution in [0, 0.1) is 0 Å². The van der Waals surface area contributed by atoms with E-state index < -0.39 is 0 Å². The van der Waals surface area contributed by atoms with Gasteiger partial charge in [0.2, 0.25) is 0 Å². The van der Waals surface area contributed by atoms with Crippen molar-refractivity contribution in [2.24, 2.45) is 0 Å². The van der Waals surface area contributed by atoms with E-state index in [1.807, 2.05) is 4.90 Å². The summed E-state index contributed by atoms with van der Waals surface area (Å²) in [7, 11) is 0. The minimum absolute atomic E-state index is 0.0359. The molecule has 2 heterocycles. The number of carbonyl (C=O) groups is 1. The lowest BCUT2D eigenvalue weighted by Crippen LogP contribution is -2.58. The summed E-state index contributed by atoms with van der Waals surface area (Å²) in [4.78, 5) is 12.9. The summed E-state index contributed by atoms with van der Waals surface area (Å²) < 4.78 is 0. The lowest BCUT2D eigenvalue weighted by Gasteiger charge is -2.30. The van der Waals surface area contributed by atoms with Gasteiger partial charge >= 0.3 is 6.03 Å². The maximum absolute atomic E-state index is 11.0. The Morgan fingerprint density at radius 1 is 1.60 bits per heavy atom. The molecule has 0 saturated carbocycles. The van der Waals surface area contributed by atoms with E-state index in [0.29, 0.717) is 6.04 Å². The van der Waals surface area contributed by atoms with Crippen molar-refractivity contribution in [1.29, 1.82) is 0 Å². The predicted octanol–water partition coefficient (Wildman–Crippen LogP) is -0.321. The normalized spacial score (nSPS) is 31.8. The summed E-state index contributed by atoms with van der Waals surface area (Å²) in [5.74, 6) is 0. The van der Waals surface area contributed by atoms with Crippen molar-refractivity contribution in [3.8, 4) is 0 Å². The quantitative estimate of drug-likeness (QED) is 0.485. The summed E-state index contributed by atoms with van der Waals surface area (Å²) in [5, 5.41) is 0. The van der Waals surface area contributed by atoms with Crippen molar-refractivity contribution in [3.63, 3.8) is 0 Å². The van der Waals surface area contributed by atoms with E-state index >= 15 is 0 Å². The van der Waals surface area contributed by atoms with E-state index in [2.05, 4.69) is 10.9 Å². The molecule has 0 aromatic rings. The first-order chi connectivity index (χ1) is 4.88. The molecule has 0 radical (unpaired) electrons. The van der Waals surface area contributed by atoms with E-state index in [0.717, 1.165) is 25.9 Å². The van der Waals surface area contributed by atoms with Crippen molar-refractivity contribution in [3.05, 3.63) is 0 Å². The van der Waals surface area contributed by atoms with Gasteiger partial charge in [-0.3, -0.25) is 5.43 Å². The van der Waals surface area contributed by atoms with Crippen LogP contribution < -0.4 is 10.9 Å². The summed E-state index contributed by atoms with van der Waals surface area (Å²) in [5.41, 5.74) is 5.46. The molecule has 0 aliphatic carbocycles. The van der Waals surface area contributed by atoms with Gasteiger partial charge in [0.25, 0.3) is 0 Å². The highest BCUT2D eigenvalue weighted by Crippen LogP contribution is 2.17. The highest BCUT2D eigenvalue weighted by Gasteiger charge is 2.31. The molecule has 2 rings (SSSR count). The van der Waals surface area contributed by atoms with Crippen LogP contribution in [0.1, 0.15) is 12.8 Å². The van der Waals surface area contributed by atoms with Gasteiger partial charge in [-0.25, -0.2) is 10.2 Å². The summed E-state index contributed by atoms with van der Waals surface area (Å²) in [6, 6.07) is 0.488. The molecule has 56 valence electrons. The SMILES string of the molecule is O=C1NNCC2CCCN12. The molecule has 1 unspecified atom stereocenters. The van der Waals surface area contributed by atoms with E-state index in [9.17, 15) is 4.79 Å². The highest BCUT2D eigenvalue weighted by molar-refractivity contribution is 5.75. The Hall–Kier alpha value is -0.770. The molecule has 0 aromatic heterocycles.